The quantitative estimate of drug-likeness (QED) is 0.755. The molecule has 0 aliphatic carbocycles. The number of thioether (sulfide) groups is 1. The highest BCUT2D eigenvalue weighted by atomic mass is 32.2. The molecule has 144 valence electrons. The largest absolute Gasteiger partial charge is 0.347 e. The molecular formula is C20H25N3O3S. The number of likely N-dealkylation sites (tertiary alicyclic amines) is 1. The van der Waals surface area contributed by atoms with Crippen LogP contribution in [0.2, 0.25) is 0 Å². The van der Waals surface area contributed by atoms with Crippen molar-refractivity contribution in [1.82, 2.24) is 14.5 Å². The van der Waals surface area contributed by atoms with Crippen molar-refractivity contribution in [2.24, 2.45) is 0 Å². The van der Waals surface area contributed by atoms with Crippen molar-refractivity contribution in [2.45, 2.75) is 37.6 Å². The van der Waals surface area contributed by atoms with Gasteiger partial charge in [0.2, 0.25) is 5.91 Å². The number of imidazole rings is 1. The van der Waals surface area contributed by atoms with E-state index in [1.54, 1.807) is 6.20 Å². The predicted octanol–water partition coefficient (Wildman–Crippen LogP) is 2.95. The summed E-state index contributed by atoms with van der Waals surface area (Å²) in [5, 5.41) is 0.841. The molecule has 0 N–H and O–H groups in total. The van der Waals surface area contributed by atoms with E-state index in [0.717, 1.165) is 23.7 Å². The second-order valence-electron chi connectivity index (χ2n) is 7.08. The molecule has 4 rings (SSSR count). The topological polar surface area (TPSA) is 56.6 Å². The first-order chi connectivity index (χ1) is 13.1. The molecule has 1 aromatic heterocycles. The molecule has 0 bridgehead atoms. The van der Waals surface area contributed by atoms with Crippen molar-refractivity contribution in [2.75, 3.05) is 32.1 Å². The van der Waals surface area contributed by atoms with Crippen LogP contribution in [0, 0.1) is 13.8 Å². The van der Waals surface area contributed by atoms with Crippen molar-refractivity contribution >= 4 is 17.7 Å². The molecule has 0 atom stereocenters. The number of carbonyl (C=O) groups excluding carboxylic acids is 1. The van der Waals surface area contributed by atoms with Gasteiger partial charge in [-0.1, -0.05) is 23.9 Å². The van der Waals surface area contributed by atoms with Crippen LogP contribution >= 0.6 is 11.8 Å². The van der Waals surface area contributed by atoms with Crippen molar-refractivity contribution < 1.29 is 14.3 Å². The Balaban J connectivity index is 1.38. The SMILES string of the molecule is Cc1cccc(-n2ccnc2SCC(=O)N2CCC3(CC2)OCCO3)c1C. The molecule has 0 unspecified atom stereocenters. The number of benzene rings is 1. The fourth-order valence-electron chi connectivity index (χ4n) is 3.68. The smallest absolute Gasteiger partial charge is 0.233 e. The van der Waals surface area contributed by atoms with Crippen LogP contribution in [-0.2, 0) is 14.3 Å². The summed E-state index contributed by atoms with van der Waals surface area (Å²) in [4.78, 5) is 19.0. The Labute approximate surface area is 163 Å². The number of amides is 1. The molecule has 2 aromatic rings. The van der Waals surface area contributed by atoms with Gasteiger partial charge in [0.05, 0.1) is 24.7 Å². The fraction of sp³-hybridized carbons (Fsp3) is 0.500. The average Bonchev–Trinajstić information content (AvgIpc) is 3.32. The molecule has 1 amide bonds. The Morgan fingerprint density at radius 2 is 1.96 bits per heavy atom. The van der Waals surface area contributed by atoms with Gasteiger partial charge in [-0.3, -0.25) is 9.36 Å². The van der Waals surface area contributed by atoms with Crippen molar-refractivity contribution in [3.8, 4) is 5.69 Å². The van der Waals surface area contributed by atoms with Crippen LogP contribution in [0.5, 0.6) is 0 Å². The lowest BCUT2D eigenvalue weighted by Crippen LogP contribution is -2.47. The monoisotopic (exact) mass is 387 g/mol. The van der Waals surface area contributed by atoms with Gasteiger partial charge in [0.25, 0.3) is 0 Å². The summed E-state index contributed by atoms with van der Waals surface area (Å²) in [5.41, 5.74) is 3.58. The second kappa shape index (κ2) is 7.66. The van der Waals surface area contributed by atoms with E-state index in [9.17, 15) is 4.79 Å². The number of piperidine rings is 1. The highest BCUT2D eigenvalue weighted by Gasteiger charge is 2.40. The van der Waals surface area contributed by atoms with Gasteiger partial charge in [0, 0.05) is 38.3 Å². The maximum absolute atomic E-state index is 12.7. The lowest BCUT2D eigenvalue weighted by Gasteiger charge is -2.37. The number of hydrogen-bond acceptors (Lipinski definition) is 5. The van der Waals surface area contributed by atoms with Gasteiger partial charge in [0.1, 0.15) is 0 Å². The summed E-state index contributed by atoms with van der Waals surface area (Å²) in [6, 6.07) is 6.24. The van der Waals surface area contributed by atoms with Gasteiger partial charge in [-0.15, -0.1) is 0 Å². The highest BCUT2D eigenvalue weighted by molar-refractivity contribution is 7.99. The average molecular weight is 388 g/mol. The third kappa shape index (κ3) is 3.77. The van der Waals surface area contributed by atoms with Crippen LogP contribution in [0.3, 0.4) is 0 Å². The van der Waals surface area contributed by atoms with Gasteiger partial charge >= 0.3 is 0 Å². The van der Waals surface area contributed by atoms with Crippen molar-refractivity contribution in [1.29, 1.82) is 0 Å². The molecule has 0 saturated carbocycles. The normalized spacial score (nSPS) is 19.0. The Hall–Kier alpha value is -1.83. The fourth-order valence-corrected chi connectivity index (χ4v) is 4.55. The Morgan fingerprint density at radius 1 is 1.22 bits per heavy atom. The lowest BCUT2D eigenvalue weighted by atomic mass is 10.0. The predicted molar refractivity (Wildman–Crippen MR) is 104 cm³/mol. The lowest BCUT2D eigenvalue weighted by molar-refractivity contribution is -0.186. The molecule has 2 fully saturated rings. The van der Waals surface area contributed by atoms with Crippen LogP contribution in [0.4, 0.5) is 0 Å². The summed E-state index contributed by atoms with van der Waals surface area (Å²) in [7, 11) is 0. The van der Waals surface area contributed by atoms with E-state index in [1.165, 1.54) is 22.9 Å². The molecule has 27 heavy (non-hydrogen) atoms. The third-order valence-electron chi connectivity index (χ3n) is 5.46. The van der Waals surface area contributed by atoms with Gasteiger partial charge in [-0.05, 0) is 31.0 Å². The van der Waals surface area contributed by atoms with Gasteiger partial charge in [-0.25, -0.2) is 4.98 Å². The molecule has 2 saturated heterocycles. The van der Waals surface area contributed by atoms with E-state index >= 15 is 0 Å². The van der Waals surface area contributed by atoms with Crippen LogP contribution in [-0.4, -0.2) is 58.2 Å². The molecule has 1 aromatic carbocycles. The number of aryl methyl sites for hydroxylation is 1. The first kappa shape index (κ1) is 18.5. The number of ether oxygens (including phenoxy) is 2. The zero-order valence-corrected chi connectivity index (χ0v) is 16.6. The van der Waals surface area contributed by atoms with Crippen LogP contribution < -0.4 is 0 Å². The zero-order chi connectivity index (χ0) is 18.9. The van der Waals surface area contributed by atoms with E-state index in [1.807, 2.05) is 17.2 Å². The number of aromatic nitrogens is 2. The molecule has 7 heteroatoms. The van der Waals surface area contributed by atoms with Crippen molar-refractivity contribution in [3.05, 3.63) is 41.7 Å². The Bertz CT molecular complexity index is 820. The third-order valence-corrected chi connectivity index (χ3v) is 6.41. The van der Waals surface area contributed by atoms with E-state index in [-0.39, 0.29) is 5.91 Å². The summed E-state index contributed by atoms with van der Waals surface area (Å²) < 4.78 is 13.5. The Kier molecular flexibility index (Phi) is 5.25. The molecule has 2 aliphatic rings. The standard InChI is InChI=1S/C20H25N3O3S/c1-15-4-3-5-17(16(15)2)23-11-8-21-19(23)27-14-18(24)22-9-6-20(7-10-22)25-12-13-26-20/h3-5,8,11H,6-7,9-10,12-14H2,1-2H3. The molecule has 2 aliphatic heterocycles. The molecule has 3 heterocycles. The maximum atomic E-state index is 12.7. The molecule has 6 nitrogen and oxygen atoms in total. The number of nitrogens with zero attached hydrogens (tertiary/aromatic N) is 3. The number of rotatable bonds is 4. The van der Waals surface area contributed by atoms with Gasteiger partial charge < -0.3 is 14.4 Å². The van der Waals surface area contributed by atoms with Crippen LogP contribution in [0.15, 0.2) is 35.7 Å². The minimum atomic E-state index is -0.442. The van der Waals surface area contributed by atoms with Crippen LogP contribution in [0.25, 0.3) is 5.69 Å². The highest BCUT2D eigenvalue weighted by Crippen LogP contribution is 2.32. The summed E-state index contributed by atoms with van der Waals surface area (Å²) in [6.45, 7) is 6.90. The summed E-state index contributed by atoms with van der Waals surface area (Å²) >= 11 is 1.49. The first-order valence-electron chi connectivity index (χ1n) is 9.36. The first-order valence-corrected chi connectivity index (χ1v) is 10.3. The molecule has 0 radical (unpaired) electrons. The number of hydrogen-bond donors (Lipinski definition) is 0. The maximum Gasteiger partial charge on any atom is 0.233 e. The molecule has 1 spiro atoms. The van der Waals surface area contributed by atoms with Gasteiger partial charge in [0.15, 0.2) is 10.9 Å². The van der Waals surface area contributed by atoms with E-state index in [4.69, 9.17) is 9.47 Å². The molecular weight excluding hydrogens is 362 g/mol. The summed E-state index contributed by atoms with van der Waals surface area (Å²) in [5.74, 6) is 0.0859. The Morgan fingerprint density at radius 3 is 2.70 bits per heavy atom. The van der Waals surface area contributed by atoms with Crippen LogP contribution in [0.1, 0.15) is 24.0 Å². The van der Waals surface area contributed by atoms with E-state index in [2.05, 4.69) is 35.5 Å². The summed E-state index contributed by atoms with van der Waals surface area (Å²) in [6.07, 6.45) is 5.24. The number of carbonyl (C=O) groups is 1. The zero-order valence-electron chi connectivity index (χ0n) is 15.8. The van der Waals surface area contributed by atoms with E-state index < -0.39 is 5.79 Å². The van der Waals surface area contributed by atoms with E-state index in [0.29, 0.717) is 32.1 Å². The van der Waals surface area contributed by atoms with Crippen molar-refractivity contribution in [3.63, 3.8) is 0 Å². The minimum absolute atomic E-state index is 0.142. The second-order valence-corrected chi connectivity index (χ2v) is 8.02. The minimum Gasteiger partial charge on any atom is -0.347 e. The van der Waals surface area contributed by atoms with Gasteiger partial charge in [-0.2, -0.15) is 0 Å².